The number of rotatable bonds is 6. The van der Waals surface area contributed by atoms with Gasteiger partial charge in [0.2, 0.25) is 0 Å². The summed E-state index contributed by atoms with van der Waals surface area (Å²) >= 11 is 0. The van der Waals surface area contributed by atoms with Crippen LogP contribution in [-0.4, -0.2) is 30.0 Å². The molecule has 0 spiro atoms. The van der Waals surface area contributed by atoms with Gasteiger partial charge in [-0.15, -0.1) is 0 Å². The van der Waals surface area contributed by atoms with E-state index in [2.05, 4.69) is 11.5 Å². The Balaban J connectivity index is 2.09. The summed E-state index contributed by atoms with van der Waals surface area (Å²) < 4.78 is 12.9. The second kappa shape index (κ2) is 6.84. The standard InChI is InChI=1S/C19H22N2O3/c1-3-21-17-12-15(23-2)8-9-16(17)18(20)19(21)13-4-6-14(7-5-13)24-11-10-22/h4-9,12,22H,3,10-11,20H2,1-2H3. The molecule has 0 aliphatic carbocycles. The Bertz CT molecular complexity index is 838. The Morgan fingerprint density at radius 2 is 1.79 bits per heavy atom. The largest absolute Gasteiger partial charge is 0.497 e. The van der Waals surface area contributed by atoms with Crippen molar-refractivity contribution in [3.05, 3.63) is 42.5 Å². The molecule has 0 atom stereocenters. The highest BCUT2D eigenvalue weighted by Gasteiger charge is 2.16. The molecule has 0 saturated carbocycles. The number of nitrogens with zero attached hydrogens (tertiary/aromatic N) is 1. The van der Waals surface area contributed by atoms with Crippen LogP contribution in [0, 0.1) is 0 Å². The van der Waals surface area contributed by atoms with Gasteiger partial charge in [0, 0.05) is 23.6 Å². The Hall–Kier alpha value is -2.66. The maximum absolute atomic E-state index is 8.83. The van der Waals surface area contributed by atoms with Gasteiger partial charge in [-0.2, -0.15) is 0 Å². The molecule has 126 valence electrons. The lowest BCUT2D eigenvalue weighted by atomic mass is 10.1. The van der Waals surface area contributed by atoms with Gasteiger partial charge in [-0.3, -0.25) is 0 Å². The average Bonchev–Trinajstić information content (AvgIpc) is 2.91. The molecule has 24 heavy (non-hydrogen) atoms. The normalized spacial score (nSPS) is 11.0. The molecule has 1 aromatic heterocycles. The molecule has 0 saturated heterocycles. The van der Waals surface area contributed by atoms with Crippen molar-refractivity contribution in [1.82, 2.24) is 4.57 Å². The quantitative estimate of drug-likeness (QED) is 0.729. The maximum atomic E-state index is 8.83. The molecule has 5 nitrogen and oxygen atoms in total. The number of nitrogen functional groups attached to an aromatic ring is 1. The minimum atomic E-state index is 0.000602. The van der Waals surface area contributed by atoms with Crippen LogP contribution in [0.15, 0.2) is 42.5 Å². The first kappa shape index (κ1) is 16.2. The minimum Gasteiger partial charge on any atom is -0.497 e. The summed E-state index contributed by atoms with van der Waals surface area (Å²) in [5.74, 6) is 1.54. The van der Waals surface area contributed by atoms with Crippen LogP contribution in [0.25, 0.3) is 22.2 Å². The molecule has 0 aliphatic heterocycles. The van der Waals surface area contributed by atoms with E-state index in [1.165, 1.54) is 0 Å². The number of aromatic nitrogens is 1. The van der Waals surface area contributed by atoms with E-state index in [-0.39, 0.29) is 13.2 Å². The molecule has 0 bridgehead atoms. The van der Waals surface area contributed by atoms with Crippen molar-refractivity contribution in [3.8, 4) is 22.8 Å². The van der Waals surface area contributed by atoms with Crippen LogP contribution < -0.4 is 15.2 Å². The van der Waals surface area contributed by atoms with Crippen molar-refractivity contribution >= 4 is 16.6 Å². The van der Waals surface area contributed by atoms with E-state index in [4.69, 9.17) is 20.3 Å². The molecule has 3 N–H and O–H groups in total. The summed E-state index contributed by atoms with van der Waals surface area (Å²) in [6.45, 7) is 3.19. The predicted molar refractivity (Wildman–Crippen MR) is 96.6 cm³/mol. The van der Waals surface area contributed by atoms with Gasteiger partial charge in [0.25, 0.3) is 0 Å². The number of aliphatic hydroxyl groups is 1. The molecule has 5 heteroatoms. The first-order valence-electron chi connectivity index (χ1n) is 7.99. The number of anilines is 1. The van der Waals surface area contributed by atoms with Crippen molar-refractivity contribution in [2.24, 2.45) is 0 Å². The second-order valence-corrected chi connectivity index (χ2v) is 5.49. The lowest BCUT2D eigenvalue weighted by molar-refractivity contribution is 0.201. The van der Waals surface area contributed by atoms with Gasteiger partial charge < -0.3 is 24.9 Å². The summed E-state index contributed by atoms with van der Waals surface area (Å²) in [5.41, 5.74) is 10.3. The van der Waals surface area contributed by atoms with Crippen molar-refractivity contribution < 1.29 is 14.6 Å². The van der Waals surface area contributed by atoms with E-state index in [1.54, 1.807) is 7.11 Å². The summed E-state index contributed by atoms with van der Waals surface area (Å²) in [7, 11) is 1.66. The van der Waals surface area contributed by atoms with Crippen LogP contribution in [0.3, 0.4) is 0 Å². The van der Waals surface area contributed by atoms with Gasteiger partial charge in [-0.05, 0) is 43.3 Å². The van der Waals surface area contributed by atoms with E-state index in [0.717, 1.165) is 45.9 Å². The average molecular weight is 326 g/mol. The summed E-state index contributed by atoms with van der Waals surface area (Å²) in [4.78, 5) is 0. The van der Waals surface area contributed by atoms with E-state index in [0.29, 0.717) is 0 Å². The minimum absolute atomic E-state index is 0.000602. The predicted octanol–water partition coefficient (Wildman–Crippen LogP) is 3.29. The van der Waals surface area contributed by atoms with E-state index in [1.807, 2.05) is 42.5 Å². The van der Waals surface area contributed by atoms with Crippen molar-refractivity contribution in [2.75, 3.05) is 26.1 Å². The molecule has 3 rings (SSSR count). The fourth-order valence-corrected chi connectivity index (χ4v) is 3.00. The number of benzene rings is 2. The number of aryl methyl sites for hydroxylation is 1. The van der Waals surface area contributed by atoms with Gasteiger partial charge in [0.15, 0.2) is 0 Å². The smallest absolute Gasteiger partial charge is 0.120 e. The number of aliphatic hydroxyl groups excluding tert-OH is 1. The molecule has 2 aromatic carbocycles. The van der Waals surface area contributed by atoms with Gasteiger partial charge in [0.05, 0.1) is 30.6 Å². The van der Waals surface area contributed by atoms with Gasteiger partial charge >= 0.3 is 0 Å². The Labute approximate surface area is 141 Å². The third kappa shape index (κ3) is 2.78. The first-order chi connectivity index (χ1) is 11.7. The van der Waals surface area contributed by atoms with Gasteiger partial charge in [-0.25, -0.2) is 0 Å². The summed E-state index contributed by atoms with van der Waals surface area (Å²) in [5, 5.41) is 9.85. The SMILES string of the molecule is CCn1c(-c2ccc(OCCO)cc2)c(N)c2ccc(OC)cc21. The molecule has 3 aromatic rings. The number of hydrogen-bond acceptors (Lipinski definition) is 4. The van der Waals surface area contributed by atoms with E-state index in [9.17, 15) is 0 Å². The van der Waals surface area contributed by atoms with Crippen molar-refractivity contribution in [2.45, 2.75) is 13.5 Å². The molecular weight excluding hydrogens is 304 g/mol. The Morgan fingerprint density at radius 1 is 1.08 bits per heavy atom. The van der Waals surface area contributed by atoms with Crippen LogP contribution in [0.4, 0.5) is 5.69 Å². The van der Waals surface area contributed by atoms with E-state index < -0.39 is 0 Å². The molecule has 0 unspecified atom stereocenters. The molecular formula is C19H22N2O3. The third-order valence-corrected chi connectivity index (χ3v) is 4.11. The summed E-state index contributed by atoms with van der Waals surface area (Å²) in [6, 6.07) is 13.7. The highest BCUT2D eigenvalue weighted by Crippen LogP contribution is 2.38. The Kier molecular flexibility index (Phi) is 4.62. The van der Waals surface area contributed by atoms with Crippen LogP contribution in [0.5, 0.6) is 11.5 Å². The van der Waals surface area contributed by atoms with Gasteiger partial charge in [0.1, 0.15) is 18.1 Å². The highest BCUT2D eigenvalue weighted by atomic mass is 16.5. The zero-order valence-corrected chi connectivity index (χ0v) is 14.0. The zero-order chi connectivity index (χ0) is 17.1. The lowest BCUT2D eigenvalue weighted by Gasteiger charge is -2.10. The highest BCUT2D eigenvalue weighted by molar-refractivity contribution is 6.01. The first-order valence-corrected chi connectivity index (χ1v) is 7.99. The third-order valence-electron chi connectivity index (χ3n) is 4.11. The van der Waals surface area contributed by atoms with Gasteiger partial charge in [-0.1, -0.05) is 0 Å². The fourth-order valence-electron chi connectivity index (χ4n) is 3.00. The molecule has 0 fully saturated rings. The van der Waals surface area contributed by atoms with Crippen molar-refractivity contribution in [1.29, 1.82) is 0 Å². The number of methoxy groups -OCH3 is 1. The molecule has 0 aliphatic rings. The molecule has 1 heterocycles. The van der Waals surface area contributed by atoms with E-state index >= 15 is 0 Å². The Morgan fingerprint density at radius 3 is 2.42 bits per heavy atom. The maximum Gasteiger partial charge on any atom is 0.120 e. The lowest BCUT2D eigenvalue weighted by Crippen LogP contribution is -2.02. The topological polar surface area (TPSA) is 69.6 Å². The number of ether oxygens (including phenoxy) is 2. The number of fused-ring (bicyclic) bond motifs is 1. The van der Waals surface area contributed by atoms with Crippen LogP contribution in [0.1, 0.15) is 6.92 Å². The zero-order valence-electron chi connectivity index (χ0n) is 14.0. The summed E-state index contributed by atoms with van der Waals surface area (Å²) in [6.07, 6.45) is 0. The molecule has 0 amide bonds. The molecule has 0 radical (unpaired) electrons. The van der Waals surface area contributed by atoms with Crippen LogP contribution in [0.2, 0.25) is 0 Å². The monoisotopic (exact) mass is 326 g/mol. The number of hydrogen-bond donors (Lipinski definition) is 2. The fraction of sp³-hybridized carbons (Fsp3) is 0.263. The second-order valence-electron chi connectivity index (χ2n) is 5.49. The van der Waals surface area contributed by atoms with Crippen LogP contribution >= 0.6 is 0 Å². The number of nitrogens with two attached hydrogens (primary N) is 1. The van der Waals surface area contributed by atoms with Crippen LogP contribution in [-0.2, 0) is 6.54 Å². The van der Waals surface area contributed by atoms with Crippen molar-refractivity contribution in [3.63, 3.8) is 0 Å².